The lowest BCUT2D eigenvalue weighted by atomic mass is 10.0. The molecule has 0 fully saturated rings. The van der Waals surface area contributed by atoms with Gasteiger partial charge >= 0.3 is 0 Å². The standard InChI is InChI=1S/C13H16N4/c1-9-6-10(14)13(15-7-9)17-8-16-11-4-2-3-5-12(11)17/h6-8H,2-5,14H2,1H3. The van der Waals surface area contributed by atoms with Gasteiger partial charge in [0.25, 0.3) is 0 Å². The Morgan fingerprint density at radius 1 is 1.24 bits per heavy atom. The number of hydrogen-bond acceptors (Lipinski definition) is 3. The molecule has 4 heteroatoms. The molecule has 4 nitrogen and oxygen atoms in total. The van der Waals surface area contributed by atoms with Gasteiger partial charge in [0.2, 0.25) is 0 Å². The van der Waals surface area contributed by atoms with E-state index in [4.69, 9.17) is 5.73 Å². The molecular weight excluding hydrogens is 212 g/mol. The molecule has 0 unspecified atom stereocenters. The minimum absolute atomic E-state index is 0.718. The lowest BCUT2D eigenvalue weighted by molar-refractivity contribution is 0.654. The second kappa shape index (κ2) is 3.87. The summed E-state index contributed by atoms with van der Waals surface area (Å²) >= 11 is 0. The summed E-state index contributed by atoms with van der Waals surface area (Å²) in [7, 11) is 0. The molecule has 0 bridgehead atoms. The molecule has 2 aromatic heterocycles. The predicted molar refractivity (Wildman–Crippen MR) is 67.2 cm³/mol. The molecule has 0 atom stereocenters. The van der Waals surface area contributed by atoms with Crippen molar-refractivity contribution in [2.45, 2.75) is 32.6 Å². The molecule has 3 rings (SSSR count). The molecule has 0 saturated heterocycles. The van der Waals surface area contributed by atoms with Gasteiger partial charge in [0.1, 0.15) is 6.33 Å². The quantitative estimate of drug-likeness (QED) is 0.812. The van der Waals surface area contributed by atoms with Gasteiger partial charge in [0.05, 0.1) is 11.4 Å². The fourth-order valence-electron chi connectivity index (χ4n) is 2.44. The van der Waals surface area contributed by atoms with E-state index in [1.54, 1.807) is 0 Å². The van der Waals surface area contributed by atoms with Crippen LogP contribution < -0.4 is 5.73 Å². The number of nitrogen functional groups attached to an aromatic ring is 1. The van der Waals surface area contributed by atoms with Crippen molar-refractivity contribution in [3.8, 4) is 5.82 Å². The smallest absolute Gasteiger partial charge is 0.161 e. The molecule has 0 saturated carbocycles. The molecule has 0 amide bonds. The van der Waals surface area contributed by atoms with Crippen LogP contribution in [0.15, 0.2) is 18.6 Å². The van der Waals surface area contributed by atoms with E-state index in [2.05, 4.69) is 9.97 Å². The summed E-state index contributed by atoms with van der Waals surface area (Å²) in [6, 6.07) is 1.96. The number of hydrogen-bond donors (Lipinski definition) is 1. The third-order valence-corrected chi connectivity index (χ3v) is 3.29. The molecule has 0 radical (unpaired) electrons. The summed E-state index contributed by atoms with van der Waals surface area (Å²) in [5.74, 6) is 0.811. The molecule has 0 aliphatic heterocycles. The number of fused-ring (bicyclic) bond motifs is 1. The largest absolute Gasteiger partial charge is 0.396 e. The second-order valence-corrected chi connectivity index (χ2v) is 4.64. The van der Waals surface area contributed by atoms with Crippen LogP contribution in [0.25, 0.3) is 5.82 Å². The zero-order valence-corrected chi connectivity index (χ0v) is 9.98. The minimum atomic E-state index is 0.718. The van der Waals surface area contributed by atoms with Crippen LogP contribution in [0.5, 0.6) is 0 Å². The first kappa shape index (κ1) is 10.3. The first-order valence-electron chi connectivity index (χ1n) is 6.03. The lowest BCUT2D eigenvalue weighted by Gasteiger charge is -2.14. The van der Waals surface area contributed by atoms with E-state index in [1.807, 2.05) is 30.1 Å². The van der Waals surface area contributed by atoms with Gasteiger partial charge in [-0.3, -0.25) is 4.57 Å². The van der Waals surface area contributed by atoms with Gasteiger partial charge in [0.15, 0.2) is 5.82 Å². The van der Waals surface area contributed by atoms with Crippen LogP contribution in [-0.2, 0) is 12.8 Å². The Bertz CT molecular complexity index is 557. The molecule has 1 aliphatic rings. The van der Waals surface area contributed by atoms with E-state index < -0.39 is 0 Å². The first-order valence-corrected chi connectivity index (χ1v) is 6.03. The van der Waals surface area contributed by atoms with E-state index >= 15 is 0 Å². The minimum Gasteiger partial charge on any atom is -0.396 e. The summed E-state index contributed by atoms with van der Waals surface area (Å²) < 4.78 is 2.04. The molecule has 2 N–H and O–H groups in total. The van der Waals surface area contributed by atoms with Crippen LogP contribution in [0.4, 0.5) is 5.69 Å². The number of aryl methyl sites for hydroxylation is 2. The highest BCUT2D eigenvalue weighted by atomic mass is 15.1. The maximum absolute atomic E-state index is 6.03. The van der Waals surface area contributed by atoms with Crippen LogP contribution in [0.3, 0.4) is 0 Å². The fraction of sp³-hybridized carbons (Fsp3) is 0.385. The van der Waals surface area contributed by atoms with Crippen molar-refractivity contribution in [3.05, 3.63) is 35.5 Å². The number of pyridine rings is 1. The molecule has 0 spiro atoms. The van der Waals surface area contributed by atoms with Crippen LogP contribution in [0.1, 0.15) is 29.8 Å². The van der Waals surface area contributed by atoms with Crippen LogP contribution >= 0.6 is 0 Å². The van der Waals surface area contributed by atoms with E-state index in [-0.39, 0.29) is 0 Å². The van der Waals surface area contributed by atoms with Crippen molar-refractivity contribution in [2.75, 3.05) is 5.73 Å². The number of imidazole rings is 1. The van der Waals surface area contributed by atoms with Crippen LogP contribution in [-0.4, -0.2) is 14.5 Å². The average molecular weight is 228 g/mol. The van der Waals surface area contributed by atoms with Crippen molar-refractivity contribution in [3.63, 3.8) is 0 Å². The topological polar surface area (TPSA) is 56.7 Å². The summed E-state index contributed by atoms with van der Waals surface area (Å²) in [4.78, 5) is 8.89. The molecule has 2 aromatic rings. The average Bonchev–Trinajstić information content (AvgIpc) is 2.73. The molecule has 88 valence electrons. The maximum Gasteiger partial charge on any atom is 0.161 e. The second-order valence-electron chi connectivity index (χ2n) is 4.64. The van der Waals surface area contributed by atoms with Crippen molar-refractivity contribution in [1.29, 1.82) is 0 Å². The normalized spacial score (nSPS) is 14.6. The number of nitrogens with zero attached hydrogens (tertiary/aromatic N) is 3. The van der Waals surface area contributed by atoms with Gasteiger partial charge in [-0.2, -0.15) is 0 Å². The Balaban J connectivity index is 2.12. The third-order valence-electron chi connectivity index (χ3n) is 3.29. The Kier molecular flexibility index (Phi) is 2.35. The highest BCUT2D eigenvalue weighted by Crippen LogP contribution is 2.24. The summed E-state index contributed by atoms with van der Waals surface area (Å²) in [5, 5.41) is 0. The van der Waals surface area contributed by atoms with Gasteiger partial charge in [-0.1, -0.05) is 0 Å². The molecule has 2 heterocycles. The molecule has 0 aromatic carbocycles. The lowest BCUT2D eigenvalue weighted by Crippen LogP contribution is -2.09. The summed E-state index contributed by atoms with van der Waals surface area (Å²) in [6.45, 7) is 2.00. The Hall–Kier alpha value is -1.84. The van der Waals surface area contributed by atoms with Crippen LogP contribution in [0.2, 0.25) is 0 Å². The van der Waals surface area contributed by atoms with E-state index in [0.29, 0.717) is 0 Å². The van der Waals surface area contributed by atoms with Crippen molar-refractivity contribution in [2.24, 2.45) is 0 Å². The number of aromatic nitrogens is 3. The number of nitrogens with two attached hydrogens (primary N) is 1. The fourth-order valence-corrected chi connectivity index (χ4v) is 2.44. The highest BCUT2D eigenvalue weighted by Gasteiger charge is 2.17. The molecule has 1 aliphatic carbocycles. The zero-order valence-electron chi connectivity index (χ0n) is 9.98. The Labute approximate surface area is 101 Å². The third kappa shape index (κ3) is 1.69. The Morgan fingerprint density at radius 2 is 2.06 bits per heavy atom. The predicted octanol–water partition coefficient (Wildman–Crippen LogP) is 2.04. The summed E-state index contributed by atoms with van der Waals surface area (Å²) in [6.07, 6.45) is 8.31. The van der Waals surface area contributed by atoms with Gasteiger partial charge < -0.3 is 5.73 Å². The Morgan fingerprint density at radius 3 is 2.88 bits per heavy atom. The summed E-state index contributed by atoms with van der Waals surface area (Å²) in [5.41, 5.74) is 10.3. The highest BCUT2D eigenvalue weighted by molar-refractivity contribution is 5.55. The monoisotopic (exact) mass is 228 g/mol. The first-order chi connectivity index (χ1) is 8.25. The number of anilines is 1. The van der Waals surface area contributed by atoms with E-state index in [0.717, 1.165) is 29.9 Å². The van der Waals surface area contributed by atoms with E-state index in [9.17, 15) is 0 Å². The van der Waals surface area contributed by atoms with Crippen molar-refractivity contribution >= 4 is 5.69 Å². The van der Waals surface area contributed by atoms with Crippen LogP contribution in [0, 0.1) is 6.92 Å². The molecule has 17 heavy (non-hydrogen) atoms. The van der Waals surface area contributed by atoms with Gasteiger partial charge in [-0.05, 0) is 44.2 Å². The van der Waals surface area contributed by atoms with Gasteiger partial charge in [0, 0.05) is 11.9 Å². The van der Waals surface area contributed by atoms with Crippen molar-refractivity contribution in [1.82, 2.24) is 14.5 Å². The van der Waals surface area contributed by atoms with Crippen molar-refractivity contribution < 1.29 is 0 Å². The van der Waals surface area contributed by atoms with Gasteiger partial charge in [-0.25, -0.2) is 9.97 Å². The van der Waals surface area contributed by atoms with E-state index in [1.165, 1.54) is 24.2 Å². The maximum atomic E-state index is 6.03. The van der Waals surface area contributed by atoms with Gasteiger partial charge in [-0.15, -0.1) is 0 Å². The SMILES string of the molecule is Cc1cnc(-n2cnc3c2CCCC3)c(N)c1. The number of rotatable bonds is 1. The molecular formula is C13H16N4. The zero-order chi connectivity index (χ0) is 11.8.